The van der Waals surface area contributed by atoms with E-state index in [1.54, 1.807) is 19.0 Å². The number of fused-ring (bicyclic) bond motifs is 1. The predicted octanol–water partition coefficient (Wildman–Crippen LogP) is 3.60. The molecule has 6 heteroatoms. The van der Waals surface area contributed by atoms with Gasteiger partial charge in [0.25, 0.3) is 0 Å². The smallest absolute Gasteiger partial charge is 0.229 e. The topological polar surface area (TPSA) is 61.4 Å². The minimum absolute atomic E-state index is 0.0959. The highest BCUT2D eigenvalue weighted by Gasteiger charge is 2.33. The third-order valence-electron chi connectivity index (χ3n) is 4.94. The van der Waals surface area contributed by atoms with Crippen LogP contribution in [0.25, 0.3) is 6.08 Å². The molecule has 6 nitrogen and oxygen atoms in total. The molecular weight excluding hydrogens is 350 g/mol. The molecule has 1 aromatic carbocycles. The number of carbonyl (C=O) groups is 1. The molecule has 1 aromatic heterocycles. The first-order chi connectivity index (χ1) is 13.3. The van der Waals surface area contributed by atoms with Crippen molar-refractivity contribution in [1.82, 2.24) is 14.9 Å². The molecule has 148 valence electrons. The summed E-state index contributed by atoms with van der Waals surface area (Å²) < 4.78 is 0. The Morgan fingerprint density at radius 3 is 2.68 bits per heavy atom. The zero-order valence-corrected chi connectivity index (χ0v) is 17.3. The third kappa shape index (κ3) is 4.32. The molecule has 0 saturated carbocycles. The van der Waals surface area contributed by atoms with Crippen LogP contribution in [0.5, 0.6) is 0 Å². The number of aromatic nitrogens is 2. The lowest BCUT2D eigenvalue weighted by Crippen LogP contribution is -2.45. The van der Waals surface area contributed by atoms with Crippen molar-refractivity contribution < 1.29 is 4.79 Å². The summed E-state index contributed by atoms with van der Waals surface area (Å²) in [4.78, 5) is 25.6. The van der Waals surface area contributed by atoms with E-state index >= 15 is 0 Å². The van der Waals surface area contributed by atoms with Crippen molar-refractivity contribution >= 4 is 23.7 Å². The SMILES string of the molecule is C[C@H](Nc1ncc2c(n1)N(CC(C)(C)C(=O)N(C)C)CC=C2)c1ccccc1. The van der Waals surface area contributed by atoms with Crippen molar-refractivity contribution in [2.45, 2.75) is 26.8 Å². The van der Waals surface area contributed by atoms with Gasteiger partial charge in [0.15, 0.2) is 0 Å². The maximum absolute atomic E-state index is 12.6. The van der Waals surface area contributed by atoms with Crippen molar-refractivity contribution in [2.75, 3.05) is 37.4 Å². The Bertz CT molecular complexity index is 860. The van der Waals surface area contributed by atoms with E-state index < -0.39 is 5.41 Å². The number of hydrogen-bond acceptors (Lipinski definition) is 5. The van der Waals surface area contributed by atoms with Crippen LogP contribution in [0.2, 0.25) is 0 Å². The molecule has 0 saturated heterocycles. The van der Waals surface area contributed by atoms with Crippen LogP contribution < -0.4 is 10.2 Å². The molecule has 0 fully saturated rings. The van der Waals surface area contributed by atoms with Gasteiger partial charge in [0.05, 0.1) is 11.5 Å². The van der Waals surface area contributed by atoms with Gasteiger partial charge in [0.2, 0.25) is 11.9 Å². The number of benzene rings is 1. The van der Waals surface area contributed by atoms with Gasteiger partial charge in [-0.3, -0.25) is 4.79 Å². The second-order valence-electron chi connectivity index (χ2n) is 8.12. The van der Waals surface area contributed by atoms with Gasteiger partial charge in [-0.2, -0.15) is 4.98 Å². The van der Waals surface area contributed by atoms with Crippen LogP contribution in [0.1, 0.15) is 37.9 Å². The third-order valence-corrected chi connectivity index (χ3v) is 4.94. The quantitative estimate of drug-likeness (QED) is 0.831. The van der Waals surface area contributed by atoms with Crippen LogP contribution in [0, 0.1) is 5.41 Å². The summed E-state index contributed by atoms with van der Waals surface area (Å²) in [6.07, 6.45) is 5.96. The highest BCUT2D eigenvalue weighted by molar-refractivity contribution is 5.82. The Hall–Kier alpha value is -2.89. The van der Waals surface area contributed by atoms with Gasteiger partial charge in [-0.1, -0.05) is 42.5 Å². The van der Waals surface area contributed by atoms with Crippen molar-refractivity contribution in [1.29, 1.82) is 0 Å². The molecule has 3 rings (SSSR count). The van der Waals surface area contributed by atoms with Crippen LogP contribution in [0.4, 0.5) is 11.8 Å². The van der Waals surface area contributed by atoms with E-state index in [9.17, 15) is 4.79 Å². The average molecular weight is 380 g/mol. The lowest BCUT2D eigenvalue weighted by atomic mass is 9.90. The average Bonchev–Trinajstić information content (AvgIpc) is 2.68. The van der Waals surface area contributed by atoms with Crippen LogP contribution >= 0.6 is 0 Å². The molecule has 0 radical (unpaired) electrons. The van der Waals surface area contributed by atoms with Crippen LogP contribution in [-0.2, 0) is 4.79 Å². The molecule has 2 aromatic rings. The molecular formula is C22H29N5O. The van der Waals surface area contributed by atoms with Gasteiger partial charge in [0, 0.05) is 38.9 Å². The molecule has 1 aliphatic heterocycles. The van der Waals surface area contributed by atoms with E-state index in [0.29, 0.717) is 12.5 Å². The zero-order valence-electron chi connectivity index (χ0n) is 17.3. The Morgan fingerprint density at radius 1 is 1.29 bits per heavy atom. The van der Waals surface area contributed by atoms with Gasteiger partial charge >= 0.3 is 0 Å². The van der Waals surface area contributed by atoms with Crippen molar-refractivity contribution in [2.24, 2.45) is 5.41 Å². The first kappa shape index (κ1) is 19.9. The molecule has 28 heavy (non-hydrogen) atoms. The summed E-state index contributed by atoms with van der Waals surface area (Å²) in [6.45, 7) is 7.36. The Kier molecular flexibility index (Phi) is 5.68. The summed E-state index contributed by atoms with van der Waals surface area (Å²) in [5, 5.41) is 3.38. The van der Waals surface area contributed by atoms with E-state index in [1.165, 1.54) is 5.56 Å². The van der Waals surface area contributed by atoms with E-state index in [0.717, 1.165) is 17.9 Å². The first-order valence-electron chi connectivity index (χ1n) is 9.60. The molecule has 0 unspecified atom stereocenters. The highest BCUT2D eigenvalue weighted by atomic mass is 16.2. The minimum Gasteiger partial charge on any atom is -0.351 e. The number of anilines is 2. The molecule has 0 aliphatic carbocycles. The van der Waals surface area contributed by atoms with E-state index in [2.05, 4.69) is 40.3 Å². The van der Waals surface area contributed by atoms with Crippen molar-refractivity contribution in [3.05, 3.63) is 53.7 Å². The largest absolute Gasteiger partial charge is 0.351 e. The molecule has 1 aliphatic rings. The summed E-state index contributed by atoms with van der Waals surface area (Å²) in [5.74, 6) is 1.56. The van der Waals surface area contributed by atoms with Crippen molar-refractivity contribution in [3.63, 3.8) is 0 Å². The summed E-state index contributed by atoms with van der Waals surface area (Å²) in [7, 11) is 3.59. The molecule has 0 spiro atoms. The number of nitrogens with one attached hydrogen (secondary N) is 1. The van der Waals surface area contributed by atoms with Gasteiger partial charge in [0.1, 0.15) is 5.82 Å². The Morgan fingerprint density at radius 2 is 2.00 bits per heavy atom. The predicted molar refractivity (Wildman–Crippen MR) is 114 cm³/mol. The minimum atomic E-state index is -0.512. The maximum atomic E-state index is 12.6. The fraction of sp³-hybridized carbons (Fsp3) is 0.409. The van der Waals surface area contributed by atoms with E-state index in [-0.39, 0.29) is 11.9 Å². The second kappa shape index (κ2) is 8.00. The highest BCUT2D eigenvalue weighted by Crippen LogP contribution is 2.29. The van der Waals surface area contributed by atoms with Crippen LogP contribution in [-0.4, -0.2) is 48.0 Å². The second-order valence-corrected chi connectivity index (χ2v) is 8.12. The van der Waals surface area contributed by atoms with Crippen LogP contribution in [0.15, 0.2) is 42.6 Å². The Balaban J connectivity index is 1.81. The Labute approximate surface area is 167 Å². The molecule has 1 N–H and O–H groups in total. The number of nitrogens with zero attached hydrogens (tertiary/aromatic N) is 4. The lowest BCUT2D eigenvalue weighted by molar-refractivity contribution is -0.137. The standard InChI is InChI=1S/C22H29N5O/c1-16(17-10-7-6-8-11-17)24-21-23-14-18-12-9-13-27(19(18)25-21)15-22(2,3)20(28)26(4)5/h6-12,14,16H,13,15H2,1-5H3,(H,23,24,25)/t16-/m0/s1. The van der Waals surface area contributed by atoms with Gasteiger partial charge in [-0.25, -0.2) is 4.98 Å². The zero-order chi connectivity index (χ0) is 20.3. The summed E-state index contributed by atoms with van der Waals surface area (Å²) in [5.41, 5.74) is 1.64. The normalized spacial score (nSPS) is 14.4. The monoisotopic (exact) mass is 379 g/mol. The van der Waals surface area contributed by atoms with Crippen molar-refractivity contribution in [3.8, 4) is 0 Å². The fourth-order valence-corrected chi connectivity index (χ4v) is 3.52. The number of amides is 1. The molecule has 1 atom stereocenters. The molecule has 2 heterocycles. The van der Waals surface area contributed by atoms with E-state index in [4.69, 9.17) is 4.98 Å². The van der Waals surface area contributed by atoms with E-state index in [1.807, 2.05) is 44.3 Å². The molecule has 1 amide bonds. The number of hydrogen-bond donors (Lipinski definition) is 1. The number of carbonyl (C=O) groups excluding carboxylic acids is 1. The summed E-state index contributed by atoms with van der Waals surface area (Å²) >= 11 is 0. The lowest BCUT2D eigenvalue weighted by Gasteiger charge is -2.35. The van der Waals surface area contributed by atoms with Gasteiger partial charge in [-0.15, -0.1) is 0 Å². The fourth-order valence-electron chi connectivity index (χ4n) is 3.52. The first-order valence-corrected chi connectivity index (χ1v) is 9.60. The number of rotatable bonds is 6. The molecule has 0 bridgehead atoms. The van der Waals surface area contributed by atoms with Gasteiger partial charge < -0.3 is 15.1 Å². The summed E-state index contributed by atoms with van der Waals surface area (Å²) in [6, 6.07) is 10.3. The van der Waals surface area contributed by atoms with Gasteiger partial charge in [-0.05, 0) is 26.3 Å². The van der Waals surface area contributed by atoms with Crippen LogP contribution in [0.3, 0.4) is 0 Å². The maximum Gasteiger partial charge on any atom is 0.229 e.